The number of hydrogen-bond acceptors (Lipinski definition) is 3. The summed E-state index contributed by atoms with van der Waals surface area (Å²) in [4.78, 5) is 17.6. The fourth-order valence-corrected chi connectivity index (χ4v) is 3.76. The summed E-state index contributed by atoms with van der Waals surface area (Å²) in [7, 11) is 0. The number of halogens is 2. The van der Waals surface area contributed by atoms with Crippen LogP contribution in [-0.2, 0) is 0 Å². The summed E-state index contributed by atoms with van der Waals surface area (Å²) in [6.45, 7) is 0. The molecule has 0 saturated heterocycles. The maximum Gasteiger partial charge on any atom is 0.271 e. The molecule has 0 saturated carbocycles. The Bertz CT molecular complexity index is 693. The number of pyridine rings is 1. The molecule has 1 aliphatic heterocycles. The number of carbonyl (C=O) groups excluding carboxylic acids is 1. The number of carbonyl (C=O) groups is 1. The number of amides is 1. The number of nitrogens with one attached hydrogen (secondary N) is 1. The Morgan fingerprint density at radius 3 is 2.90 bits per heavy atom. The zero-order chi connectivity index (χ0) is 14.8. The van der Waals surface area contributed by atoms with Gasteiger partial charge >= 0.3 is 0 Å². The van der Waals surface area contributed by atoms with E-state index >= 15 is 0 Å². The first kappa shape index (κ1) is 14.7. The lowest BCUT2D eigenvalue weighted by Crippen LogP contribution is -2.31. The van der Waals surface area contributed by atoms with E-state index in [-0.39, 0.29) is 22.8 Å². The summed E-state index contributed by atoms with van der Waals surface area (Å²) in [5, 5.41) is 3.56. The van der Waals surface area contributed by atoms with Crippen LogP contribution in [0, 0.1) is 0 Å². The number of rotatable bonds is 2. The second kappa shape index (κ2) is 6.26. The van der Waals surface area contributed by atoms with Gasteiger partial charge in [0, 0.05) is 10.6 Å². The monoisotopic (exact) mass is 338 g/mol. The lowest BCUT2D eigenvalue weighted by molar-refractivity contribution is 0.0930. The number of hydrogen-bond donors (Lipinski definition) is 1. The maximum absolute atomic E-state index is 12.4. The van der Waals surface area contributed by atoms with Crippen LogP contribution in [0.2, 0.25) is 10.2 Å². The van der Waals surface area contributed by atoms with E-state index in [1.807, 2.05) is 18.2 Å². The van der Waals surface area contributed by atoms with Crippen molar-refractivity contribution >= 4 is 40.9 Å². The lowest BCUT2D eigenvalue weighted by Gasteiger charge is -2.25. The second-order valence-electron chi connectivity index (χ2n) is 4.67. The third kappa shape index (κ3) is 3.18. The normalized spacial score (nSPS) is 17.1. The summed E-state index contributed by atoms with van der Waals surface area (Å²) in [5.41, 5.74) is 1.31. The minimum absolute atomic E-state index is 0.0215. The number of fused-ring (bicyclic) bond motifs is 1. The highest BCUT2D eigenvalue weighted by atomic mass is 35.5. The zero-order valence-corrected chi connectivity index (χ0v) is 13.3. The van der Waals surface area contributed by atoms with Crippen molar-refractivity contribution in [3.05, 3.63) is 57.8 Å². The molecular formula is C15H12Cl2N2OS. The average molecular weight is 339 g/mol. The SMILES string of the molecule is O=C(N[C@H]1CCSc2ccccc21)c1nc(Cl)ccc1Cl. The Balaban J connectivity index is 1.84. The van der Waals surface area contributed by atoms with Gasteiger partial charge in [-0.15, -0.1) is 11.8 Å². The molecule has 0 radical (unpaired) electrons. The molecule has 0 fully saturated rings. The van der Waals surface area contributed by atoms with Crippen LogP contribution in [0.15, 0.2) is 41.3 Å². The van der Waals surface area contributed by atoms with Gasteiger partial charge in [0.25, 0.3) is 5.91 Å². The third-order valence-corrected chi connectivity index (χ3v) is 4.93. The zero-order valence-electron chi connectivity index (χ0n) is 11.0. The van der Waals surface area contributed by atoms with E-state index in [9.17, 15) is 4.79 Å². The molecule has 21 heavy (non-hydrogen) atoms. The van der Waals surface area contributed by atoms with Gasteiger partial charge in [-0.1, -0.05) is 41.4 Å². The predicted octanol–water partition coefficient (Wildman–Crippen LogP) is 4.36. The predicted molar refractivity (Wildman–Crippen MR) is 86.2 cm³/mol. The topological polar surface area (TPSA) is 42.0 Å². The Morgan fingerprint density at radius 1 is 1.24 bits per heavy atom. The summed E-state index contributed by atoms with van der Waals surface area (Å²) >= 11 is 13.7. The lowest BCUT2D eigenvalue weighted by atomic mass is 10.0. The summed E-state index contributed by atoms with van der Waals surface area (Å²) < 4.78 is 0. The molecule has 1 aliphatic rings. The largest absolute Gasteiger partial charge is 0.344 e. The molecule has 108 valence electrons. The van der Waals surface area contributed by atoms with E-state index < -0.39 is 0 Å². The fraction of sp³-hybridized carbons (Fsp3) is 0.200. The van der Waals surface area contributed by atoms with Crippen LogP contribution < -0.4 is 5.32 Å². The fourth-order valence-electron chi connectivity index (χ4n) is 2.30. The van der Waals surface area contributed by atoms with Gasteiger partial charge in [0.1, 0.15) is 10.8 Å². The molecule has 1 aromatic carbocycles. The number of aromatic nitrogens is 1. The molecule has 1 atom stereocenters. The van der Waals surface area contributed by atoms with Crippen molar-refractivity contribution in [3.63, 3.8) is 0 Å². The standard InChI is InChI=1S/C15H12Cl2N2OS/c16-10-5-6-13(17)19-14(10)15(20)18-11-7-8-21-12-4-2-1-3-9(11)12/h1-6,11H,7-8H2,(H,18,20)/t11-/m0/s1. The van der Waals surface area contributed by atoms with Crippen LogP contribution >= 0.6 is 35.0 Å². The highest BCUT2D eigenvalue weighted by Crippen LogP contribution is 2.36. The average Bonchev–Trinajstić information content (AvgIpc) is 2.50. The van der Waals surface area contributed by atoms with Crippen LogP contribution in [0.3, 0.4) is 0 Å². The van der Waals surface area contributed by atoms with Crippen molar-refractivity contribution in [2.75, 3.05) is 5.75 Å². The quantitative estimate of drug-likeness (QED) is 0.827. The molecule has 1 amide bonds. The molecule has 2 heterocycles. The van der Waals surface area contributed by atoms with Crippen LogP contribution in [0.25, 0.3) is 0 Å². The Hall–Kier alpha value is -1.23. The van der Waals surface area contributed by atoms with Gasteiger partial charge in [0.05, 0.1) is 11.1 Å². The van der Waals surface area contributed by atoms with Crippen LogP contribution in [0.1, 0.15) is 28.5 Å². The molecule has 6 heteroatoms. The van der Waals surface area contributed by atoms with Crippen molar-refractivity contribution in [1.29, 1.82) is 0 Å². The number of nitrogens with zero attached hydrogens (tertiary/aromatic N) is 1. The number of thioether (sulfide) groups is 1. The Labute approximate surface area is 137 Å². The second-order valence-corrected chi connectivity index (χ2v) is 6.60. The van der Waals surface area contributed by atoms with E-state index in [1.165, 1.54) is 4.90 Å². The smallest absolute Gasteiger partial charge is 0.271 e. The number of benzene rings is 1. The van der Waals surface area contributed by atoms with E-state index in [2.05, 4.69) is 16.4 Å². The summed E-state index contributed by atoms with van der Waals surface area (Å²) in [6.07, 6.45) is 0.881. The van der Waals surface area contributed by atoms with E-state index in [4.69, 9.17) is 23.2 Å². The van der Waals surface area contributed by atoms with E-state index in [1.54, 1.807) is 23.9 Å². The van der Waals surface area contributed by atoms with Crippen LogP contribution in [0.4, 0.5) is 0 Å². The minimum Gasteiger partial charge on any atom is -0.344 e. The van der Waals surface area contributed by atoms with Gasteiger partial charge < -0.3 is 5.32 Å². The van der Waals surface area contributed by atoms with Gasteiger partial charge in [-0.05, 0) is 30.2 Å². The summed E-state index contributed by atoms with van der Waals surface area (Å²) in [6, 6.07) is 11.2. The molecular weight excluding hydrogens is 327 g/mol. The molecule has 3 rings (SSSR count). The minimum atomic E-state index is -0.297. The van der Waals surface area contributed by atoms with E-state index in [0.717, 1.165) is 17.7 Å². The molecule has 0 bridgehead atoms. The third-order valence-electron chi connectivity index (χ3n) is 3.29. The van der Waals surface area contributed by atoms with Crippen LogP contribution in [0.5, 0.6) is 0 Å². The van der Waals surface area contributed by atoms with Crippen molar-refractivity contribution in [3.8, 4) is 0 Å². The van der Waals surface area contributed by atoms with Crippen molar-refractivity contribution < 1.29 is 4.79 Å². The van der Waals surface area contributed by atoms with E-state index in [0.29, 0.717) is 5.02 Å². The molecule has 0 unspecified atom stereocenters. The van der Waals surface area contributed by atoms with Crippen LogP contribution in [-0.4, -0.2) is 16.6 Å². The van der Waals surface area contributed by atoms with Crippen molar-refractivity contribution in [1.82, 2.24) is 10.3 Å². The first-order valence-electron chi connectivity index (χ1n) is 6.50. The molecule has 0 spiro atoms. The first-order valence-corrected chi connectivity index (χ1v) is 8.24. The first-order chi connectivity index (χ1) is 10.1. The highest BCUT2D eigenvalue weighted by molar-refractivity contribution is 7.99. The highest BCUT2D eigenvalue weighted by Gasteiger charge is 2.23. The summed E-state index contributed by atoms with van der Waals surface area (Å²) in [5.74, 6) is 0.674. The van der Waals surface area contributed by atoms with Gasteiger partial charge in [-0.25, -0.2) is 4.98 Å². The molecule has 0 aliphatic carbocycles. The maximum atomic E-state index is 12.4. The molecule has 1 aromatic heterocycles. The molecule has 1 N–H and O–H groups in total. The molecule has 3 nitrogen and oxygen atoms in total. The van der Waals surface area contributed by atoms with Gasteiger partial charge in [0.2, 0.25) is 0 Å². The van der Waals surface area contributed by atoms with Gasteiger partial charge in [-0.3, -0.25) is 4.79 Å². The van der Waals surface area contributed by atoms with Gasteiger partial charge in [0.15, 0.2) is 0 Å². The van der Waals surface area contributed by atoms with Crippen molar-refractivity contribution in [2.45, 2.75) is 17.4 Å². The van der Waals surface area contributed by atoms with Gasteiger partial charge in [-0.2, -0.15) is 0 Å². The Morgan fingerprint density at radius 2 is 2.05 bits per heavy atom. The Kier molecular flexibility index (Phi) is 4.38. The van der Waals surface area contributed by atoms with Crippen molar-refractivity contribution in [2.24, 2.45) is 0 Å². The molecule has 2 aromatic rings.